The molecule has 56 heavy (non-hydrogen) atoms. The number of hydrogen-bond donors (Lipinski definition) is 2. The molecule has 4 aromatic rings. The van der Waals surface area contributed by atoms with Gasteiger partial charge in [-0.3, -0.25) is 20.2 Å². The maximum atomic E-state index is 10.8. The van der Waals surface area contributed by atoms with Crippen molar-refractivity contribution in [1.29, 1.82) is 0 Å². The molecule has 4 aliphatic rings. The van der Waals surface area contributed by atoms with Crippen molar-refractivity contribution in [2.75, 3.05) is 135 Å². The molecule has 0 atom stereocenters. The molecule has 0 spiro atoms. The molecule has 4 saturated heterocycles. The Morgan fingerprint density at radius 2 is 0.679 bits per heavy atom. The molecular weight excluding hydrogens is 732 g/mol. The number of hydrogen-bond acceptors (Lipinski definition) is 20. The van der Waals surface area contributed by atoms with Gasteiger partial charge in [0.1, 0.15) is 0 Å². The number of anilines is 8. The Kier molecular flexibility index (Phi) is 12.6. The van der Waals surface area contributed by atoms with Gasteiger partial charge < -0.3 is 49.2 Å². The van der Waals surface area contributed by atoms with Gasteiger partial charge in [-0.05, 0) is 24.3 Å². The number of benzene rings is 2. The van der Waals surface area contributed by atoms with Crippen molar-refractivity contribution in [2.45, 2.75) is 0 Å². The maximum absolute atomic E-state index is 10.8. The summed E-state index contributed by atoms with van der Waals surface area (Å²) in [5.74, 6) is 3.14. The third-order valence-corrected chi connectivity index (χ3v) is 9.07. The molecule has 0 saturated carbocycles. The molecule has 22 nitrogen and oxygen atoms in total. The maximum Gasteiger partial charge on any atom is 0.269 e. The number of morpholine rings is 4. The quantitative estimate of drug-likeness (QED) is 0.174. The lowest BCUT2D eigenvalue weighted by Gasteiger charge is -2.30. The first kappa shape index (κ1) is 38.2. The van der Waals surface area contributed by atoms with Crippen molar-refractivity contribution in [2.24, 2.45) is 0 Å². The molecule has 0 unspecified atom stereocenters. The second-order valence-electron chi connectivity index (χ2n) is 12.8. The van der Waals surface area contributed by atoms with E-state index in [2.05, 4.69) is 60.1 Å². The van der Waals surface area contributed by atoms with E-state index in [0.717, 1.165) is 0 Å². The number of non-ortho nitro benzene ring substituents is 2. The van der Waals surface area contributed by atoms with Crippen LogP contribution >= 0.6 is 0 Å². The first-order chi connectivity index (χ1) is 27.4. The molecule has 6 heterocycles. The van der Waals surface area contributed by atoms with Crippen LogP contribution in [-0.4, -0.2) is 145 Å². The Morgan fingerprint density at radius 1 is 0.429 bits per heavy atom. The first-order valence-corrected chi connectivity index (χ1v) is 18.2. The zero-order chi connectivity index (χ0) is 38.7. The van der Waals surface area contributed by atoms with Crippen LogP contribution in [-0.2, 0) is 18.9 Å². The van der Waals surface area contributed by atoms with Crippen molar-refractivity contribution < 1.29 is 28.8 Å². The van der Waals surface area contributed by atoms with Crippen molar-refractivity contribution >= 4 is 58.4 Å². The van der Waals surface area contributed by atoms with Gasteiger partial charge in [0, 0.05) is 88.0 Å². The van der Waals surface area contributed by atoms with Crippen molar-refractivity contribution in [3.8, 4) is 0 Å². The molecule has 296 valence electrons. The van der Waals surface area contributed by atoms with E-state index >= 15 is 0 Å². The van der Waals surface area contributed by atoms with Gasteiger partial charge in [0.15, 0.2) is 0 Å². The van der Waals surface area contributed by atoms with E-state index in [1.807, 2.05) is 0 Å². The van der Waals surface area contributed by atoms with Gasteiger partial charge in [0.2, 0.25) is 35.7 Å². The van der Waals surface area contributed by atoms with Crippen molar-refractivity contribution in [3.05, 3.63) is 68.8 Å². The average Bonchev–Trinajstić information content (AvgIpc) is 3.25. The van der Waals surface area contributed by atoms with Gasteiger partial charge in [-0.1, -0.05) is 0 Å². The van der Waals surface area contributed by atoms with Gasteiger partial charge in [-0.15, -0.1) is 0 Å². The van der Waals surface area contributed by atoms with E-state index in [4.69, 9.17) is 18.9 Å². The Hall–Kier alpha value is -6.10. The van der Waals surface area contributed by atoms with Crippen LogP contribution in [0.2, 0.25) is 0 Å². The predicted octanol–water partition coefficient (Wildman–Crippen LogP) is 2.39. The van der Waals surface area contributed by atoms with E-state index < -0.39 is 9.85 Å². The molecule has 2 aromatic heterocycles. The Labute approximate surface area is 321 Å². The van der Waals surface area contributed by atoms with E-state index in [1.54, 1.807) is 24.3 Å². The van der Waals surface area contributed by atoms with Crippen LogP contribution in [0, 0.1) is 20.2 Å². The van der Waals surface area contributed by atoms with Gasteiger partial charge in [0.25, 0.3) is 11.4 Å². The fourth-order valence-corrected chi connectivity index (χ4v) is 6.03. The molecule has 22 heteroatoms. The number of aromatic nitrogens is 6. The molecule has 0 bridgehead atoms. The summed E-state index contributed by atoms with van der Waals surface area (Å²) in [5, 5.41) is 27.9. The molecule has 0 amide bonds. The molecule has 2 N–H and O–H groups in total. The molecular formula is C34H42N14O8. The van der Waals surface area contributed by atoms with Crippen LogP contribution in [0.1, 0.15) is 0 Å². The normalized spacial score (nSPS) is 17.4. The van der Waals surface area contributed by atoms with Crippen LogP contribution < -0.4 is 30.2 Å². The van der Waals surface area contributed by atoms with Crippen LogP contribution in [0.3, 0.4) is 0 Å². The van der Waals surface area contributed by atoms with Gasteiger partial charge in [0.05, 0.1) is 62.7 Å². The predicted molar refractivity (Wildman–Crippen MR) is 205 cm³/mol. The highest BCUT2D eigenvalue weighted by Crippen LogP contribution is 2.25. The van der Waals surface area contributed by atoms with Crippen LogP contribution in [0.15, 0.2) is 48.5 Å². The van der Waals surface area contributed by atoms with Crippen LogP contribution in [0.25, 0.3) is 0 Å². The summed E-state index contributed by atoms with van der Waals surface area (Å²) in [6.07, 6.45) is 0. The number of nitro groups is 2. The Bertz CT molecular complexity index is 1710. The fourth-order valence-electron chi connectivity index (χ4n) is 6.03. The average molecular weight is 775 g/mol. The standard InChI is InChI=1S/2C17H21N7O4/c2*25-24(26)14-3-1-13(2-4-14)18-15-19-16(22-5-9-27-10-6-22)21-17(20-15)23-7-11-28-12-8-23/h2*1-4H,5-12H2,(H,18,19,20,21). The molecule has 2 aromatic carbocycles. The second kappa shape index (κ2) is 18.5. The summed E-state index contributed by atoms with van der Waals surface area (Å²) in [5.41, 5.74) is 1.39. The van der Waals surface area contributed by atoms with Gasteiger partial charge in [-0.25, -0.2) is 0 Å². The Morgan fingerprint density at radius 3 is 0.911 bits per heavy atom. The number of nitrogens with one attached hydrogen (secondary N) is 2. The Balaban J connectivity index is 0.000000172. The minimum absolute atomic E-state index is 0.0317. The number of rotatable bonds is 10. The second-order valence-corrected chi connectivity index (χ2v) is 12.8. The minimum atomic E-state index is -0.431. The van der Waals surface area contributed by atoms with Crippen LogP contribution in [0.4, 0.5) is 58.4 Å². The molecule has 0 radical (unpaired) electrons. The minimum Gasteiger partial charge on any atom is -0.378 e. The lowest BCUT2D eigenvalue weighted by atomic mass is 10.3. The summed E-state index contributed by atoms with van der Waals surface area (Å²) >= 11 is 0. The van der Waals surface area contributed by atoms with Gasteiger partial charge in [-0.2, -0.15) is 29.9 Å². The number of ether oxygens (including phenoxy) is 4. The monoisotopic (exact) mass is 774 g/mol. The largest absolute Gasteiger partial charge is 0.378 e. The first-order valence-electron chi connectivity index (χ1n) is 18.2. The smallest absolute Gasteiger partial charge is 0.269 e. The highest BCUT2D eigenvalue weighted by atomic mass is 16.6. The SMILES string of the molecule is O=[N+]([O-])c1ccc(Nc2nc(N3CCOCC3)nc(N3CCOCC3)n2)cc1.O=[N+]([O-])c1ccc(Nc2nc(N3CCOCC3)nc(N3CCOCC3)n2)cc1. The lowest BCUT2D eigenvalue weighted by Crippen LogP contribution is -2.40. The van der Waals surface area contributed by atoms with E-state index in [0.29, 0.717) is 152 Å². The molecule has 4 aliphatic heterocycles. The topological polar surface area (TPSA) is 238 Å². The zero-order valence-corrected chi connectivity index (χ0v) is 30.6. The van der Waals surface area contributed by atoms with Crippen LogP contribution in [0.5, 0.6) is 0 Å². The van der Waals surface area contributed by atoms with E-state index in [-0.39, 0.29) is 11.4 Å². The molecule has 8 rings (SSSR count). The van der Waals surface area contributed by atoms with Crippen molar-refractivity contribution in [1.82, 2.24) is 29.9 Å². The summed E-state index contributed by atoms with van der Waals surface area (Å²) < 4.78 is 21.7. The summed E-state index contributed by atoms with van der Waals surface area (Å²) in [6, 6.07) is 12.3. The molecule has 4 fully saturated rings. The zero-order valence-electron chi connectivity index (χ0n) is 30.6. The highest BCUT2D eigenvalue weighted by molar-refractivity contribution is 5.59. The lowest BCUT2D eigenvalue weighted by molar-refractivity contribution is -0.385. The number of nitrogens with zero attached hydrogens (tertiary/aromatic N) is 12. The van der Waals surface area contributed by atoms with Crippen molar-refractivity contribution in [3.63, 3.8) is 0 Å². The fraction of sp³-hybridized carbons (Fsp3) is 0.471. The third kappa shape index (κ3) is 10.1. The highest BCUT2D eigenvalue weighted by Gasteiger charge is 2.23. The van der Waals surface area contributed by atoms with Gasteiger partial charge >= 0.3 is 0 Å². The van der Waals surface area contributed by atoms with E-state index in [1.165, 1.54) is 24.3 Å². The molecule has 0 aliphatic carbocycles. The summed E-state index contributed by atoms with van der Waals surface area (Å²) in [6.45, 7) is 10.7. The van der Waals surface area contributed by atoms with E-state index in [9.17, 15) is 20.2 Å². The number of nitro benzene ring substituents is 2. The third-order valence-electron chi connectivity index (χ3n) is 9.07. The summed E-state index contributed by atoms with van der Waals surface area (Å²) in [4.78, 5) is 56.6. The summed E-state index contributed by atoms with van der Waals surface area (Å²) in [7, 11) is 0.